The topological polar surface area (TPSA) is 43.9 Å². The molecule has 0 unspecified atom stereocenters. The smallest absolute Gasteiger partial charge is 0.174 e. The number of aryl methyl sites for hydroxylation is 2. The van der Waals surface area contributed by atoms with E-state index in [0.29, 0.717) is 5.75 Å². The van der Waals surface area contributed by atoms with E-state index in [2.05, 4.69) is 47.0 Å². The molecule has 0 bridgehead atoms. The fourth-order valence-electron chi connectivity index (χ4n) is 2.66. The Balaban J connectivity index is 1.76. The molecule has 0 aliphatic carbocycles. The highest BCUT2D eigenvalue weighted by Gasteiger charge is 2.13. The molecule has 0 saturated heterocycles. The van der Waals surface area contributed by atoms with Crippen LogP contribution < -0.4 is 0 Å². The Morgan fingerprint density at radius 1 is 1.04 bits per heavy atom. The zero-order chi connectivity index (χ0) is 16.5. The molecule has 120 valence electrons. The van der Waals surface area contributed by atoms with Crippen LogP contribution in [0.3, 0.4) is 0 Å². The number of para-hydroxylation sites is 2. The van der Waals surface area contributed by atoms with E-state index in [1.807, 2.05) is 31.2 Å². The minimum absolute atomic E-state index is 0.704. The molecule has 0 aliphatic heterocycles. The molecule has 24 heavy (non-hydrogen) atoms. The number of thioether (sulfide) groups is 1. The number of hydrogen-bond donors (Lipinski definition) is 0. The number of imidazole rings is 1. The number of aromatic nitrogens is 3. The Morgan fingerprint density at radius 3 is 2.58 bits per heavy atom. The van der Waals surface area contributed by atoms with Gasteiger partial charge in [-0.2, -0.15) is 0 Å². The minimum atomic E-state index is 0.704. The normalized spacial score (nSPS) is 11.2. The van der Waals surface area contributed by atoms with Gasteiger partial charge in [-0.15, -0.1) is 0 Å². The Bertz CT molecular complexity index is 985. The van der Waals surface area contributed by atoms with Crippen LogP contribution in [0, 0.1) is 13.8 Å². The lowest BCUT2D eigenvalue weighted by Crippen LogP contribution is -1.96. The molecular formula is C19H17N3OS. The van der Waals surface area contributed by atoms with Gasteiger partial charge in [0.15, 0.2) is 5.16 Å². The van der Waals surface area contributed by atoms with Crippen molar-refractivity contribution in [1.29, 1.82) is 0 Å². The van der Waals surface area contributed by atoms with Crippen molar-refractivity contribution in [3.8, 4) is 5.69 Å². The summed E-state index contributed by atoms with van der Waals surface area (Å²) in [7, 11) is 0. The third kappa shape index (κ3) is 2.83. The standard InChI is InChI=1S/C19H17N3OS/c1-13-7-9-15(10-8-13)22-18-6-4-3-5-17(18)20-19(22)24-12-16-11-14(2)21-23-16/h3-11H,12H2,1-2H3. The summed E-state index contributed by atoms with van der Waals surface area (Å²) < 4.78 is 7.51. The van der Waals surface area contributed by atoms with Gasteiger partial charge < -0.3 is 4.52 Å². The van der Waals surface area contributed by atoms with Crippen molar-refractivity contribution >= 4 is 22.8 Å². The van der Waals surface area contributed by atoms with Crippen LogP contribution in [0.4, 0.5) is 0 Å². The lowest BCUT2D eigenvalue weighted by Gasteiger charge is -2.08. The number of benzene rings is 2. The van der Waals surface area contributed by atoms with Crippen molar-refractivity contribution in [3.05, 3.63) is 71.6 Å². The summed E-state index contributed by atoms with van der Waals surface area (Å²) in [5, 5.41) is 4.90. The van der Waals surface area contributed by atoms with Crippen LogP contribution in [0.2, 0.25) is 0 Å². The van der Waals surface area contributed by atoms with Crippen LogP contribution in [0.15, 0.2) is 64.3 Å². The van der Waals surface area contributed by atoms with Crippen LogP contribution in [-0.4, -0.2) is 14.7 Å². The Hall–Kier alpha value is -2.53. The van der Waals surface area contributed by atoms with Crippen LogP contribution in [0.5, 0.6) is 0 Å². The Morgan fingerprint density at radius 2 is 1.83 bits per heavy atom. The second-order valence-corrected chi connectivity index (χ2v) is 6.72. The molecule has 0 aliphatic rings. The monoisotopic (exact) mass is 335 g/mol. The van der Waals surface area contributed by atoms with Crippen LogP contribution in [-0.2, 0) is 5.75 Å². The van der Waals surface area contributed by atoms with Gasteiger partial charge >= 0.3 is 0 Å². The van der Waals surface area contributed by atoms with Gasteiger partial charge in [0.2, 0.25) is 0 Å². The van der Waals surface area contributed by atoms with E-state index >= 15 is 0 Å². The van der Waals surface area contributed by atoms with Gasteiger partial charge in [0.05, 0.1) is 22.5 Å². The van der Waals surface area contributed by atoms with Crippen molar-refractivity contribution in [3.63, 3.8) is 0 Å². The average molecular weight is 335 g/mol. The summed E-state index contributed by atoms with van der Waals surface area (Å²) in [6.45, 7) is 4.02. The first kappa shape index (κ1) is 15.0. The second kappa shape index (κ2) is 6.17. The molecule has 2 aromatic heterocycles. The Kier molecular flexibility index (Phi) is 3.86. The molecule has 0 saturated carbocycles. The zero-order valence-corrected chi connectivity index (χ0v) is 14.4. The highest BCUT2D eigenvalue weighted by molar-refractivity contribution is 7.98. The lowest BCUT2D eigenvalue weighted by atomic mass is 10.2. The van der Waals surface area contributed by atoms with Crippen molar-refractivity contribution < 1.29 is 4.52 Å². The van der Waals surface area contributed by atoms with E-state index < -0.39 is 0 Å². The molecule has 0 radical (unpaired) electrons. The first-order valence-corrected chi connectivity index (χ1v) is 8.79. The summed E-state index contributed by atoms with van der Waals surface area (Å²) in [5.41, 5.74) is 5.37. The molecule has 0 spiro atoms. The first-order chi connectivity index (χ1) is 11.7. The second-order valence-electron chi connectivity index (χ2n) is 5.78. The summed E-state index contributed by atoms with van der Waals surface area (Å²) in [4.78, 5) is 4.80. The summed E-state index contributed by atoms with van der Waals surface area (Å²) in [6.07, 6.45) is 0. The van der Waals surface area contributed by atoms with Crippen molar-refractivity contribution in [1.82, 2.24) is 14.7 Å². The minimum Gasteiger partial charge on any atom is -0.360 e. The van der Waals surface area contributed by atoms with E-state index in [0.717, 1.165) is 33.3 Å². The molecule has 4 rings (SSSR count). The van der Waals surface area contributed by atoms with Gasteiger partial charge in [-0.05, 0) is 38.1 Å². The van der Waals surface area contributed by atoms with Gasteiger partial charge in [-0.25, -0.2) is 4.98 Å². The summed E-state index contributed by atoms with van der Waals surface area (Å²) in [6, 6.07) is 18.7. The maximum Gasteiger partial charge on any atom is 0.174 e. The quantitative estimate of drug-likeness (QED) is 0.496. The van der Waals surface area contributed by atoms with Crippen molar-refractivity contribution in [2.75, 3.05) is 0 Å². The lowest BCUT2D eigenvalue weighted by molar-refractivity contribution is 0.391. The number of fused-ring (bicyclic) bond motifs is 1. The number of rotatable bonds is 4. The number of nitrogens with zero attached hydrogens (tertiary/aromatic N) is 3. The van der Waals surface area contributed by atoms with E-state index in [9.17, 15) is 0 Å². The largest absolute Gasteiger partial charge is 0.360 e. The fraction of sp³-hybridized carbons (Fsp3) is 0.158. The van der Waals surface area contributed by atoms with Crippen LogP contribution in [0.25, 0.3) is 16.7 Å². The van der Waals surface area contributed by atoms with Crippen molar-refractivity contribution in [2.45, 2.75) is 24.8 Å². The van der Waals surface area contributed by atoms with E-state index in [-0.39, 0.29) is 0 Å². The molecule has 0 N–H and O–H groups in total. The fourth-order valence-corrected chi connectivity index (χ4v) is 3.57. The molecule has 2 heterocycles. The molecular weight excluding hydrogens is 318 g/mol. The van der Waals surface area contributed by atoms with Gasteiger partial charge in [0.25, 0.3) is 0 Å². The van der Waals surface area contributed by atoms with Gasteiger partial charge in [0, 0.05) is 11.8 Å². The maximum absolute atomic E-state index is 5.31. The molecule has 4 aromatic rings. The Labute approximate surface area is 144 Å². The predicted octanol–water partition coefficient (Wildman–Crippen LogP) is 4.92. The van der Waals surface area contributed by atoms with E-state index in [1.54, 1.807) is 11.8 Å². The third-order valence-electron chi connectivity index (χ3n) is 3.84. The van der Waals surface area contributed by atoms with Gasteiger partial charge in [0.1, 0.15) is 5.76 Å². The predicted molar refractivity (Wildman–Crippen MR) is 96.6 cm³/mol. The highest BCUT2D eigenvalue weighted by atomic mass is 32.2. The molecule has 2 aromatic carbocycles. The van der Waals surface area contributed by atoms with Gasteiger partial charge in [-0.3, -0.25) is 4.57 Å². The first-order valence-electron chi connectivity index (χ1n) is 7.80. The number of hydrogen-bond acceptors (Lipinski definition) is 4. The SMILES string of the molecule is Cc1ccc(-n2c(SCc3cc(C)no3)nc3ccccc32)cc1. The maximum atomic E-state index is 5.31. The van der Waals surface area contributed by atoms with E-state index in [1.165, 1.54) is 5.56 Å². The van der Waals surface area contributed by atoms with Crippen LogP contribution in [0.1, 0.15) is 17.0 Å². The van der Waals surface area contributed by atoms with Crippen LogP contribution >= 0.6 is 11.8 Å². The van der Waals surface area contributed by atoms with Crippen molar-refractivity contribution in [2.24, 2.45) is 0 Å². The summed E-state index contributed by atoms with van der Waals surface area (Å²) in [5.74, 6) is 1.57. The zero-order valence-electron chi connectivity index (χ0n) is 13.6. The molecule has 4 nitrogen and oxygen atoms in total. The molecule has 0 fully saturated rings. The van der Waals surface area contributed by atoms with E-state index in [4.69, 9.17) is 9.51 Å². The molecule has 0 atom stereocenters. The summed E-state index contributed by atoms with van der Waals surface area (Å²) >= 11 is 1.66. The third-order valence-corrected chi connectivity index (χ3v) is 4.80. The molecule has 0 amide bonds. The molecule has 5 heteroatoms. The average Bonchev–Trinajstić information content (AvgIpc) is 3.17. The van der Waals surface area contributed by atoms with Gasteiger partial charge in [-0.1, -0.05) is 46.7 Å². The highest BCUT2D eigenvalue weighted by Crippen LogP contribution is 2.30.